The van der Waals surface area contributed by atoms with Crippen molar-refractivity contribution >= 4 is 22.5 Å². The first kappa shape index (κ1) is 29.0. The lowest BCUT2D eigenvalue weighted by atomic mass is 9.92. The van der Waals surface area contributed by atoms with E-state index in [4.69, 9.17) is 35.6 Å². The van der Waals surface area contributed by atoms with Crippen molar-refractivity contribution in [2.45, 2.75) is 32.9 Å². The SMILES string of the molecule is CCC(c1nn(Cc2ccc(OC)c(OC)c2)c2cc(OC)c(OC)c(-c3cccc(Cl)c3C)c12)N1CCNCC1. The van der Waals surface area contributed by atoms with Gasteiger partial charge in [0.25, 0.3) is 0 Å². The molecule has 0 amide bonds. The molecule has 1 atom stereocenters. The number of halogens is 1. The Bertz CT molecular complexity index is 1530. The van der Waals surface area contributed by atoms with Gasteiger partial charge in [-0.25, -0.2) is 0 Å². The lowest BCUT2D eigenvalue weighted by molar-refractivity contribution is 0.166. The van der Waals surface area contributed by atoms with Crippen molar-refractivity contribution in [3.8, 4) is 34.1 Å². The van der Waals surface area contributed by atoms with Gasteiger partial charge in [-0.3, -0.25) is 9.58 Å². The van der Waals surface area contributed by atoms with Gasteiger partial charge in [0.2, 0.25) is 0 Å². The van der Waals surface area contributed by atoms with E-state index in [0.717, 1.165) is 71.5 Å². The van der Waals surface area contributed by atoms with Gasteiger partial charge in [-0.2, -0.15) is 5.10 Å². The molecule has 0 saturated carbocycles. The molecule has 4 aromatic rings. The summed E-state index contributed by atoms with van der Waals surface area (Å²) < 4.78 is 25.1. The number of rotatable bonds is 10. The van der Waals surface area contributed by atoms with E-state index in [1.54, 1.807) is 28.4 Å². The van der Waals surface area contributed by atoms with Gasteiger partial charge in [0.05, 0.1) is 52.2 Å². The van der Waals surface area contributed by atoms with Crippen LogP contribution in [0.15, 0.2) is 42.5 Å². The third kappa shape index (κ3) is 5.44. The number of hydrogen-bond donors (Lipinski definition) is 1. The van der Waals surface area contributed by atoms with Crippen LogP contribution in [0.1, 0.15) is 36.2 Å². The summed E-state index contributed by atoms with van der Waals surface area (Å²) in [6.07, 6.45) is 0.921. The Morgan fingerprint density at radius 3 is 2.32 bits per heavy atom. The summed E-state index contributed by atoms with van der Waals surface area (Å²) in [5.74, 6) is 2.69. The number of piperazine rings is 1. The predicted octanol–water partition coefficient (Wildman–Crippen LogP) is 6.10. The molecule has 218 valence electrons. The summed E-state index contributed by atoms with van der Waals surface area (Å²) in [6, 6.07) is 14.1. The quantitative estimate of drug-likeness (QED) is 0.244. The molecule has 0 bridgehead atoms. The standard InChI is InChI=1S/C32H39ClN4O4/c1-7-24(36-15-13-34-14-16-36)31-30-25(37(35-31)19-21-11-12-26(38-3)27(17-21)39-4)18-28(40-5)32(41-6)29(30)22-9-8-10-23(33)20(22)2/h8-12,17-18,24,34H,7,13-16,19H2,1-6H3. The summed E-state index contributed by atoms with van der Waals surface area (Å²) in [7, 11) is 6.65. The maximum Gasteiger partial charge on any atom is 0.169 e. The van der Waals surface area contributed by atoms with E-state index in [-0.39, 0.29) is 6.04 Å². The second-order valence-electron chi connectivity index (χ2n) is 10.2. The van der Waals surface area contributed by atoms with Gasteiger partial charge >= 0.3 is 0 Å². The number of hydrogen-bond acceptors (Lipinski definition) is 7. The molecule has 1 unspecified atom stereocenters. The van der Waals surface area contributed by atoms with Crippen LogP contribution < -0.4 is 24.3 Å². The van der Waals surface area contributed by atoms with Crippen LogP contribution in [-0.4, -0.2) is 69.3 Å². The van der Waals surface area contributed by atoms with Gasteiger partial charge < -0.3 is 24.3 Å². The monoisotopic (exact) mass is 578 g/mol. The molecule has 41 heavy (non-hydrogen) atoms. The van der Waals surface area contributed by atoms with E-state index < -0.39 is 0 Å². The van der Waals surface area contributed by atoms with Crippen molar-refractivity contribution in [1.29, 1.82) is 0 Å². The molecule has 0 spiro atoms. The van der Waals surface area contributed by atoms with Crippen LogP contribution in [0.3, 0.4) is 0 Å². The first-order chi connectivity index (χ1) is 19.9. The zero-order chi connectivity index (χ0) is 29.1. The molecule has 0 radical (unpaired) electrons. The molecule has 8 nitrogen and oxygen atoms in total. The Morgan fingerprint density at radius 2 is 1.66 bits per heavy atom. The minimum absolute atomic E-state index is 0.127. The van der Waals surface area contributed by atoms with Crippen LogP contribution >= 0.6 is 11.6 Å². The lowest BCUT2D eigenvalue weighted by Gasteiger charge is -2.34. The molecule has 1 aliphatic heterocycles. The third-order valence-electron chi connectivity index (χ3n) is 8.02. The van der Waals surface area contributed by atoms with Gasteiger partial charge in [-0.1, -0.05) is 36.7 Å². The smallest absolute Gasteiger partial charge is 0.169 e. The lowest BCUT2D eigenvalue weighted by Crippen LogP contribution is -2.45. The van der Waals surface area contributed by atoms with E-state index in [0.29, 0.717) is 34.6 Å². The largest absolute Gasteiger partial charge is 0.493 e. The van der Waals surface area contributed by atoms with Crippen molar-refractivity contribution in [3.63, 3.8) is 0 Å². The number of nitrogens with one attached hydrogen (secondary N) is 1. The molecule has 0 aliphatic carbocycles. The zero-order valence-electron chi connectivity index (χ0n) is 24.7. The van der Waals surface area contributed by atoms with Gasteiger partial charge in [-0.15, -0.1) is 0 Å². The van der Waals surface area contributed by atoms with Crippen molar-refractivity contribution in [3.05, 3.63) is 64.3 Å². The van der Waals surface area contributed by atoms with E-state index in [2.05, 4.69) is 27.9 Å². The highest BCUT2D eigenvalue weighted by atomic mass is 35.5. The molecule has 1 fully saturated rings. The summed E-state index contributed by atoms with van der Waals surface area (Å²) in [5, 5.41) is 10.6. The molecular weight excluding hydrogens is 540 g/mol. The Morgan fingerprint density at radius 1 is 0.927 bits per heavy atom. The van der Waals surface area contributed by atoms with Gasteiger partial charge in [0.1, 0.15) is 0 Å². The first-order valence-electron chi connectivity index (χ1n) is 14.0. The predicted molar refractivity (Wildman–Crippen MR) is 164 cm³/mol. The van der Waals surface area contributed by atoms with Gasteiger partial charge in [0.15, 0.2) is 23.0 Å². The molecular formula is C32H39ClN4O4. The van der Waals surface area contributed by atoms with E-state index in [9.17, 15) is 0 Å². The fourth-order valence-electron chi connectivity index (χ4n) is 5.94. The van der Waals surface area contributed by atoms with Gasteiger partial charge in [-0.05, 0) is 48.2 Å². The minimum Gasteiger partial charge on any atom is -0.493 e. The summed E-state index contributed by atoms with van der Waals surface area (Å²) >= 11 is 6.67. The number of nitrogens with zero attached hydrogens (tertiary/aromatic N) is 3. The Labute approximate surface area is 247 Å². The highest BCUT2D eigenvalue weighted by Crippen LogP contribution is 2.48. The Hall–Kier alpha value is -3.46. The fraction of sp³-hybridized carbons (Fsp3) is 0.406. The summed E-state index contributed by atoms with van der Waals surface area (Å²) in [5.41, 5.74) is 5.97. The maximum absolute atomic E-state index is 6.67. The third-order valence-corrected chi connectivity index (χ3v) is 8.43. The van der Waals surface area contributed by atoms with Crippen LogP contribution in [-0.2, 0) is 6.54 Å². The summed E-state index contributed by atoms with van der Waals surface area (Å²) in [4.78, 5) is 2.53. The molecule has 2 heterocycles. The van der Waals surface area contributed by atoms with E-state index >= 15 is 0 Å². The summed E-state index contributed by atoms with van der Waals surface area (Å²) in [6.45, 7) is 8.65. The minimum atomic E-state index is 0.127. The zero-order valence-corrected chi connectivity index (χ0v) is 25.5. The van der Waals surface area contributed by atoms with E-state index in [1.807, 2.05) is 43.3 Å². The van der Waals surface area contributed by atoms with Crippen LogP contribution in [0.2, 0.25) is 5.02 Å². The highest BCUT2D eigenvalue weighted by Gasteiger charge is 2.31. The molecule has 1 aromatic heterocycles. The number of methoxy groups -OCH3 is 4. The van der Waals surface area contributed by atoms with Crippen LogP contribution in [0.4, 0.5) is 0 Å². The second-order valence-corrected chi connectivity index (χ2v) is 10.6. The first-order valence-corrected chi connectivity index (χ1v) is 14.4. The Balaban J connectivity index is 1.81. The fourth-order valence-corrected chi connectivity index (χ4v) is 6.11. The highest BCUT2D eigenvalue weighted by molar-refractivity contribution is 6.31. The Kier molecular flexibility index (Phi) is 8.92. The molecule has 5 rings (SSSR count). The normalized spacial score (nSPS) is 14.7. The molecule has 1 saturated heterocycles. The maximum atomic E-state index is 6.67. The average molecular weight is 579 g/mol. The number of fused-ring (bicyclic) bond motifs is 1. The molecule has 9 heteroatoms. The van der Waals surface area contributed by atoms with E-state index in [1.165, 1.54) is 0 Å². The van der Waals surface area contributed by atoms with Crippen molar-refractivity contribution in [2.75, 3.05) is 54.6 Å². The van der Waals surface area contributed by atoms with Crippen LogP contribution in [0.5, 0.6) is 23.0 Å². The topological polar surface area (TPSA) is 70.0 Å². The number of benzene rings is 3. The van der Waals surface area contributed by atoms with Gasteiger partial charge in [0, 0.05) is 48.2 Å². The second kappa shape index (κ2) is 12.6. The van der Waals surface area contributed by atoms with Crippen molar-refractivity contribution in [1.82, 2.24) is 20.0 Å². The number of ether oxygens (including phenoxy) is 4. The van der Waals surface area contributed by atoms with Crippen molar-refractivity contribution in [2.24, 2.45) is 0 Å². The molecule has 1 N–H and O–H groups in total. The van der Waals surface area contributed by atoms with Crippen LogP contribution in [0.25, 0.3) is 22.0 Å². The average Bonchev–Trinajstić information content (AvgIpc) is 3.35. The molecule has 3 aromatic carbocycles. The molecule has 1 aliphatic rings. The van der Waals surface area contributed by atoms with Crippen molar-refractivity contribution < 1.29 is 18.9 Å². The van der Waals surface area contributed by atoms with Crippen LogP contribution in [0, 0.1) is 6.92 Å². The number of aromatic nitrogens is 2.